The fourth-order valence-electron chi connectivity index (χ4n) is 3.17. The maximum absolute atomic E-state index is 4.44. The summed E-state index contributed by atoms with van der Waals surface area (Å²) in [5.74, 6) is 2.05. The molecule has 1 saturated heterocycles. The molecule has 1 aromatic rings. The molecule has 0 radical (unpaired) electrons. The third kappa shape index (κ3) is 3.20. The minimum Gasteiger partial charge on any atom is -0.367 e. The van der Waals surface area contributed by atoms with E-state index < -0.39 is 0 Å². The van der Waals surface area contributed by atoms with Gasteiger partial charge >= 0.3 is 0 Å². The van der Waals surface area contributed by atoms with Crippen LogP contribution in [0.3, 0.4) is 0 Å². The Kier molecular flexibility index (Phi) is 4.35. The van der Waals surface area contributed by atoms with Crippen molar-refractivity contribution in [1.29, 1.82) is 0 Å². The van der Waals surface area contributed by atoms with E-state index in [9.17, 15) is 0 Å². The number of piperazine rings is 1. The van der Waals surface area contributed by atoms with Crippen molar-refractivity contribution in [3.05, 3.63) is 12.4 Å². The van der Waals surface area contributed by atoms with Gasteiger partial charge in [0.05, 0.1) is 0 Å². The zero-order chi connectivity index (χ0) is 13.8. The van der Waals surface area contributed by atoms with Crippen molar-refractivity contribution in [3.8, 4) is 0 Å². The first-order valence-electron chi connectivity index (χ1n) is 7.91. The molecule has 2 heterocycles. The summed E-state index contributed by atoms with van der Waals surface area (Å²) in [6.07, 6.45) is 6.92. The molecule has 0 spiro atoms. The third-order valence-electron chi connectivity index (χ3n) is 4.50. The van der Waals surface area contributed by atoms with E-state index in [0.29, 0.717) is 6.04 Å². The molecule has 3 rings (SSSR count). The topological polar surface area (TPSA) is 44.3 Å². The highest BCUT2D eigenvalue weighted by molar-refractivity contribution is 5.49. The summed E-state index contributed by atoms with van der Waals surface area (Å²) in [5.41, 5.74) is 0. The maximum atomic E-state index is 4.44. The van der Waals surface area contributed by atoms with E-state index in [-0.39, 0.29) is 0 Å². The number of aromatic nitrogens is 2. The van der Waals surface area contributed by atoms with Crippen LogP contribution in [-0.2, 0) is 0 Å². The van der Waals surface area contributed by atoms with Crippen LogP contribution in [0.4, 0.5) is 11.6 Å². The van der Waals surface area contributed by atoms with Crippen LogP contribution in [0.15, 0.2) is 12.4 Å². The highest BCUT2D eigenvalue weighted by atomic mass is 15.3. The van der Waals surface area contributed by atoms with E-state index >= 15 is 0 Å². The first-order valence-corrected chi connectivity index (χ1v) is 7.91. The Labute approximate surface area is 121 Å². The van der Waals surface area contributed by atoms with Crippen LogP contribution in [0.1, 0.15) is 32.6 Å². The lowest BCUT2D eigenvalue weighted by Crippen LogP contribution is -2.46. The summed E-state index contributed by atoms with van der Waals surface area (Å²) >= 11 is 0. The van der Waals surface area contributed by atoms with Crippen LogP contribution in [0, 0.1) is 0 Å². The first kappa shape index (κ1) is 13.6. The second-order valence-corrected chi connectivity index (χ2v) is 5.81. The number of hydrogen-bond acceptors (Lipinski definition) is 5. The van der Waals surface area contributed by atoms with Crippen molar-refractivity contribution < 1.29 is 0 Å². The van der Waals surface area contributed by atoms with E-state index in [1.165, 1.54) is 25.7 Å². The Balaban J connectivity index is 1.62. The monoisotopic (exact) mass is 275 g/mol. The van der Waals surface area contributed by atoms with Crippen molar-refractivity contribution in [2.75, 3.05) is 42.9 Å². The molecule has 5 heteroatoms. The Bertz CT molecular complexity index is 422. The van der Waals surface area contributed by atoms with Crippen LogP contribution in [-0.4, -0.2) is 53.6 Å². The SMILES string of the molecule is CCN1CCN(c2cc(NC3CCCC3)ncn2)CC1. The average Bonchev–Trinajstić information content (AvgIpc) is 3.01. The Morgan fingerprint density at radius 1 is 1.15 bits per heavy atom. The van der Waals surface area contributed by atoms with Gasteiger partial charge in [-0.05, 0) is 19.4 Å². The summed E-state index contributed by atoms with van der Waals surface area (Å²) < 4.78 is 0. The van der Waals surface area contributed by atoms with Gasteiger partial charge in [0.2, 0.25) is 0 Å². The van der Waals surface area contributed by atoms with Crippen LogP contribution in [0.5, 0.6) is 0 Å². The number of nitrogens with one attached hydrogen (secondary N) is 1. The highest BCUT2D eigenvalue weighted by Crippen LogP contribution is 2.23. The van der Waals surface area contributed by atoms with Gasteiger partial charge in [0.25, 0.3) is 0 Å². The van der Waals surface area contributed by atoms with Crippen LogP contribution >= 0.6 is 0 Å². The van der Waals surface area contributed by atoms with Crippen LogP contribution < -0.4 is 10.2 Å². The summed E-state index contributed by atoms with van der Waals surface area (Å²) in [5, 5.41) is 3.55. The number of nitrogens with zero attached hydrogens (tertiary/aromatic N) is 4. The zero-order valence-electron chi connectivity index (χ0n) is 12.4. The molecule has 2 fully saturated rings. The quantitative estimate of drug-likeness (QED) is 0.910. The molecule has 1 N–H and O–H groups in total. The molecule has 0 bridgehead atoms. The Morgan fingerprint density at radius 2 is 1.90 bits per heavy atom. The van der Waals surface area contributed by atoms with E-state index in [1.54, 1.807) is 6.33 Å². The van der Waals surface area contributed by atoms with Gasteiger partial charge in [-0.3, -0.25) is 0 Å². The molecule has 1 aliphatic heterocycles. The summed E-state index contributed by atoms with van der Waals surface area (Å²) in [6.45, 7) is 7.76. The van der Waals surface area contributed by atoms with E-state index in [0.717, 1.165) is 44.4 Å². The molecule has 2 aliphatic rings. The van der Waals surface area contributed by atoms with Gasteiger partial charge in [0.1, 0.15) is 18.0 Å². The third-order valence-corrected chi connectivity index (χ3v) is 4.50. The van der Waals surface area contributed by atoms with E-state index in [4.69, 9.17) is 0 Å². The molecule has 0 amide bonds. The second-order valence-electron chi connectivity index (χ2n) is 5.81. The lowest BCUT2D eigenvalue weighted by molar-refractivity contribution is 0.270. The van der Waals surface area contributed by atoms with Crippen molar-refractivity contribution >= 4 is 11.6 Å². The van der Waals surface area contributed by atoms with Crippen molar-refractivity contribution in [2.24, 2.45) is 0 Å². The standard InChI is InChI=1S/C15H25N5/c1-2-19-7-9-20(10-8-19)15-11-14(16-12-17-15)18-13-5-3-4-6-13/h11-13H,2-10H2,1H3,(H,16,17,18). The predicted octanol–water partition coefficient (Wildman–Crippen LogP) is 1.97. The minimum absolute atomic E-state index is 0.606. The van der Waals surface area contributed by atoms with Gasteiger partial charge in [0.15, 0.2) is 0 Å². The Hall–Kier alpha value is -1.36. The fourth-order valence-corrected chi connectivity index (χ4v) is 3.17. The molecule has 0 atom stereocenters. The lowest BCUT2D eigenvalue weighted by Gasteiger charge is -2.34. The van der Waals surface area contributed by atoms with Gasteiger partial charge in [-0.25, -0.2) is 9.97 Å². The molecular weight excluding hydrogens is 250 g/mol. The summed E-state index contributed by atoms with van der Waals surface area (Å²) in [7, 11) is 0. The van der Waals surface area contributed by atoms with Gasteiger partial charge in [-0.1, -0.05) is 19.8 Å². The number of rotatable bonds is 4. The van der Waals surface area contributed by atoms with E-state index in [1.807, 2.05) is 0 Å². The predicted molar refractivity (Wildman–Crippen MR) is 82.2 cm³/mol. The zero-order valence-corrected chi connectivity index (χ0v) is 12.4. The number of anilines is 2. The van der Waals surface area contributed by atoms with Crippen molar-refractivity contribution in [2.45, 2.75) is 38.6 Å². The molecule has 1 saturated carbocycles. The lowest BCUT2D eigenvalue weighted by atomic mass is 10.2. The van der Waals surface area contributed by atoms with E-state index in [2.05, 4.69) is 38.1 Å². The van der Waals surface area contributed by atoms with Gasteiger partial charge < -0.3 is 15.1 Å². The van der Waals surface area contributed by atoms with Gasteiger partial charge in [-0.2, -0.15) is 0 Å². The summed E-state index contributed by atoms with van der Waals surface area (Å²) in [6, 6.07) is 2.72. The van der Waals surface area contributed by atoms with Crippen LogP contribution in [0.25, 0.3) is 0 Å². The van der Waals surface area contributed by atoms with Gasteiger partial charge in [0, 0.05) is 38.3 Å². The smallest absolute Gasteiger partial charge is 0.134 e. The molecule has 5 nitrogen and oxygen atoms in total. The average molecular weight is 275 g/mol. The van der Waals surface area contributed by atoms with Crippen molar-refractivity contribution in [1.82, 2.24) is 14.9 Å². The molecule has 110 valence electrons. The molecule has 1 aromatic heterocycles. The Morgan fingerprint density at radius 3 is 2.60 bits per heavy atom. The highest BCUT2D eigenvalue weighted by Gasteiger charge is 2.18. The summed E-state index contributed by atoms with van der Waals surface area (Å²) in [4.78, 5) is 13.7. The molecule has 0 aromatic carbocycles. The molecule has 20 heavy (non-hydrogen) atoms. The normalized spacial score (nSPS) is 21.4. The number of likely N-dealkylation sites (N-methyl/N-ethyl adjacent to an activating group) is 1. The van der Waals surface area contributed by atoms with Crippen molar-refractivity contribution in [3.63, 3.8) is 0 Å². The largest absolute Gasteiger partial charge is 0.367 e. The fraction of sp³-hybridized carbons (Fsp3) is 0.733. The minimum atomic E-state index is 0.606. The second kappa shape index (κ2) is 6.39. The number of hydrogen-bond donors (Lipinski definition) is 1. The molecule has 1 aliphatic carbocycles. The molecule has 0 unspecified atom stereocenters. The first-order chi connectivity index (χ1) is 9.85. The molecular formula is C15H25N5. The maximum Gasteiger partial charge on any atom is 0.134 e. The van der Waals surface area contributed by atoms with Crippen LogP contribution in [0.2, 0.25) is 0 Å². The van der Waals surface area contributed by atoms with Gasteiger partial charge in [-0.15, -0.1) is 0 Å².